The molecule has 5 rings (SSSR count). The van der Waals surface area contributed by atoms with Gasteiger partial charge in [0.2, 0.25) is 0 Å². The van der Waals surface area contributed by atoms with Crippen molar-refractivity contribution in [1.82, 2.24) is 14.4 Å². The predicted molar refractivity (Wildman–Crippen MR) is 107 cm³/mol. The van der Waals surface area contributed by atoms with Crippen LogP contribution in [-0.2, 0) is 6.54 Å². The number of likely N-dealkylation sites (tertiary alicyclic amines) is 1. The van der Waals surface area contributed by atoms with Crippen molar-refractivity contribution in [3.8, 4) is 0 Å². The van der Waals surface area contributed by atoms with E-state index in [9.17, 15) is 4.79 Å². The van der Waals surface area contributed by atoms with E-state index in [0.717, 1.165) is 41.9 Å². The Morgan fingerprint density at radius 2 is 2.11 bits per heavy atom. The minimum Gasteiger partial charge on any atom is -0.322 e. The molecule has 5 nitrogen and oxygen atoms in total. The number of para-hydroxylation sites is 1. The molecular formula is C21H21N4OS+. The van der Waals surface area contributed by atoms with Gasteiger partial charge in [0.15, 0.2) is 5.01 Å². The molecule has 0 spiro atoms. The van der Waals surface area contributed by atoms with Crippen LogP contribution in [0.2, 0.25) is 0 Å². The summed E-state index contributed by atoms with van der Waals surface area (Å²) >= 11 is 1.80. The Hall–Kier alpha value is -2.57. The second-order valence-electron chi connectivity index (χ2n) is 7.27. The van der Waals surface area contributed by atoms with Crippen LogP contribution in [0.4, 0.5) is 0 Å². The van der Waals surface area contributed by atoms with Gasteiger partial charge in [-0.2, -0.15) is 0 Å². The van der Waals surface area contributed by atoms with Crippen molar-refractivity contribution in [3.63, 3.8) is 0 Å². The van der Waals surface area contributed by atoms with Gasteiger partial charge in [0.05, 0.1) is 16.8 Å². The van der Waals surface area contributed by atoms with Gasteiger partial charge in [-0.1, -0.05) is 18.2 Å². The summed E-state index contributed by atoms with van der Waals surface area (Å²) in [6.45, 7) is 3.86. The summed E-state index contributed by atoms with van der Waals surface area (Å²) in [6.07, 6.45) is 4.11. The van der Waals surface area contributed by atoms with Crippen LogP contribution in [0.3, 0.4) is 0 Å². The number of quaternary nitrogens is 1. The fourth-order valence-corrected chi connectivity index (χ4v) is 5.25. The molecule has 2 atom stereocenters. The van der Waals surface area contributed by atoms with Gasteiger partial charge in [-0.3, -0.25) is 9.20 Å². The topological polar surface area (TPSA) is 51.7 Å². The first-order chi connectivity index (χ1) is 13.2. The van der Waals surface area contributed by atoms with E-state index in [0.29, 0.717) is 6.04 Å². The third-order valence-electron chi connectivity index (χ3n) is 5.44. The molecule has 4 heterocycles. The van der Waals surface area contributed by atoms with E-state index in [4.69, 9.17) is 9.97 Å². The fraction of sp³-hybridized carbons (Fsp3) is 0.286. The average molecular weight is 377 g/mol. The Morgan fingerprint density at radius 1 is 1.22 bits per heavy atom. The summed E-state index contributed by atoms with van der Waals surface area (Å²) < 4.78 is 2.87. The molecule has 0 saturated carbocycles. The van der Waals surface area contributed by atoms with Crippen molar-refractivity contribution in [1.29, 1.82) is 0 Å². The van der Waals surface area contributed by atoms with Crippen molar-refractivity contribution < 1.29 is 4.90 Å². The van der Waals surface area contributed by atoms with Crippen LogP contribution >= 0.6 is 11.3 Å². The van der Waals surface area contributed by atoms with Crippen molar-refractivity contribution in [3.05, 3.63) is 75.3 Å². The molecule has 1 fully saturated rings. The molecular weight excluding hydrogens is 356 g/mol. The Balaban J connectivity index is 1.48. The van der Waals surface area contributed by atoms with Gasteiger partial charge in [-0.25, -0.2) is 9.97 Å². The molecule has 136 valence electrons. The zero-order chi connectivity index (χ0) is 18.4. The Morgan fingerprint density at radius 3 is 3.00 bits per heavy atom. The van der Waals surface area contributed by atoms with Gasteiger partial charge < -0.3 is 4.90 Å². The fourth-order valence-electron chi connectivity index (χ4n) is 4.09. The number of benzene rings is 1. The van der Waals surface area contributed by atoms with E-state index in [1.54, 1.807) is 28.0 Å². The molecule has 4 aromatic rings. The number of rotatable bonds is 3. The smallest absolute Gasteiger partial charge is 0.258 e. The molecule has 1 aromatic carbocycles. The van der Waals surface area contributed by atoms with Crippen LogP contribution in [0.1, 0.15) is 35.1 Å². The first kappa shape index (κ1) is 16.6. The predicted octanol–water partition coefficient (Wildman–Crippen LogP) is 2.53. The molecule has 0 amide bonds. The maximum atomic E-state index is 12.5. The zero-order valence-corrected chi connectivity index (χ0v) is 16.0. The molecule has 0 radical (unpaired) electrons. The van der Waals surface area contributed by atoms with E-state index in [1.165, 1.54) is 21.0 Å². The summed E-state index contributed by atoms with van der Waals surface area (Å²) in [6, 6.07) is 14.3. The van der Waals surface area contributed by atoms with Crippen molar-refractivity contribution >= 4 is 27.2 Å². The average Bonchev–Trinajstić information content (AvgIpc) is 3.29. The van der Waals surface area contributed by atoms with Crippen molar-refractivity contribution in [2.45, 2.75) is 32.4 Å². The second-order valence-corrected chi connectivity index (χ2v) is 8.33. The van der Waals surface area contributed by atoms with Gasteiger partial charge in [0.25, 0.3) is 5.56 Å². The summed E-state index contributed by atoms with van der Waals surface area (Å²) in [4.78, 5) is 23.6. The molecule has 3 aromatic heterocycles. The summed E-state index contributed by atoms with van der Waals surface area (Å²) in [5, 5.41) is 1.21. The number of fused-ring (bicyclic) bond motifs is 2. The molecule has 0 aliphatic carbocycles. The van der Waals surface area contributed by atoms with Crippen LogP contribution in [0.25, 0.3) is 15.9 Å². The molecule has 27 heavy (non-hydrogen) atoms. The molecule has 1 aliphatic rings. The Kier molecular flexibility index (Phi) is 4.02. The zero-order valence-electron chi connectivity index (χ0n) is 15.2. The van der Waals surface area contributed by atoms with Crippen LogP contribution in [-0.4, -0.2) is 20.9 Å². The lowest BCUT2D eigenvalue weighted by molar-refractivity contribution is -0.932. The lowest BCUT2D eigenvalue weighted by Crippen LogP contribution is -3.09. The summed E-state index contributed by atoms with van der Waals surface area (Å²) in [7, 11) is 0. The second kappa shape index (κ2) is 6.55. The van der Waals surface area contributed by atoms with Crippen molar-refractivity contribution in [2.24, 2.45) is 0 Å². The van der Waals surface area contributed by atoms with Gasteiger partial charge >= 0.3 is 0 Å². The SMILES string of the molecule is Cc1cccn2c(=O)cc(C[NH+]3CCC[C@@H]3c3nc4ccccc4s3)nc12. The standard InChI is InChI=1S/C21H20N4OS/c1-14-6-4-11-25-19(26)12-15(22-20(14)25)13-24-10-5-8-17(24)21-23-16-7-2-3-9-18(16)27-21/h2-4,6-7,9,11-12,17H,5,8,10,13H2,1H3/p+1/t17-/m1/s1. The highest BCUT2D eigenvalue weighted by molar-refractivity contribution is 7.18. The Bertz CT molecular complexity index is 1160. The molecule has 6 heteroatoms. The van der Waals surface area contributed by atoms with Crippen molar-refractivity contribution in [2.75, 3.05) is 6.54 Å². The van der Waals surface area contributed by atoms with Gasteiger partial charge in [0, 0.05) is 25.1 Å². The van der Waals surface area contributed by atoms with E-state index >= 15 is 0 Å². The number of pyridine rings is 1. The third kappa shape index (κ3) is 2.95. The largest absolute Gasteiger partial charge is 0.322 e. The van der Waals surface area contributed by atoms with Crippen LogP contribution in [0, 0.1) is 6.92 Å². The third-order valence-corrected chi connectivity index (χ3v) is 6.59. The van der Waals surface area contributed by atoms with E-state index < -0.39 is 0 Å². The molecule has 1 unspecified atom stereocenters. The van der Waals surface area contributed by atoms with E-state index in [1.807, 2.05) is 25.1 Å². The highest BCUT2D eigenvalue weighted by atomic mass is 32.1. The highest BCUT2D eigenvalue weighted by Gasteiger charge is 2.33. The monoisotopic (exact) mass is 377 g/mol. The number of aryl methyl sites for hydroxylation is 1. The number of thiazole rings is 1. The Labute approximate surface area is 160 Å². The molecule has 1 saturated heterocycles. The number of nitrogens with zero attached hydrogens (tertiary/aromatic N) is 3. The van der Waals surface area contributed by atoms with Gasteiger partial charge in [-0.05, 0) is 30.7 Å². The minimum absolute atomic E-state index is 0.00571. The van der Waals surface area contributed by atoms with Crippen LogP contribution in [0.5, 0.6) is 0 Å². The number of hydrogen-bond acceptors (Lipinski definition) is 4. The lowest BCUT2D eigenvalue weighted by Gasteiger charge is -2.19. The first-order valence-electron chi connectivity index (χ1n) is 9.37. The minimum atomic E-state index is -0.00571. The molecule has 1 aliphatic heterocycles. The van der Waals surface area contributed by atoms with E-state index in [2.05, 4.69) is 18.2 Å². The normalized spacial score (nSPS) is 19.9. The summed E-state index contributed by atoms with van der Waals surface area (Å²) in [5.74, 6) is 0. The van der Waals surface area contributed by atoms with Gasteiger partial charge in [-0.15, -0.1) is 11.3 Å². The number of hydrogen-bond donors (Lipinski definition) is 1. The maximum Gasteiger partial charge on any atom is 0.258 e. The lowest BCUT2D eigenvalue weighted by atomic mass is 10.2. The van der Waals surface area contributed by atoms with Crippen LogP contribution < -0.4 is 10.5 Å². The highest BCUT2D eigenvalue weighted by Crippen LogP contribution is 2.28. The maximum absolute atomic E-state index is 12.5. The number of aromatic nitrogens is 3. The van der Waals surface area contributed by atoms with Crippen LogP contribution in [0.15, 0.2) is 53.5 Å². The molecule has 0 bridgehead atoms. The first-order valence-corrected chi connectivity index (χ1v) is 10.2. The molecule has 1 N–H and O–H groups in total. The van der Waals surface area contributed by atoms with Gasteiger partial charge in [0.1, 0.15) is 23.9 Å². The number of nitrogens with one attached hydrogen (secondary N) is 1. The quantitative estimate of drug-likeness (QED) is 0.597. The summed E-state index contributed by atoms with van der Waals surface area (Å²) in [5.41, 5.74) is 3.73. The van der Waals surface area contributed by atoms with E-state index in [-0.39, 0.29) is 5.56 Å².